The molecule has 0 spiro atoms. The molecule has 2 fully saturated rings. The normalized spacial score (nSPS) is 36.0. The Morgan fingerprint density at radius 3 is 2.27 bits per heavy atom. The predicted octanol–water partition coefficient (Wildman–Crippen LogP) is -1.84. The van der Waals surface area contributed by atoms with Crippen molar-refractivity contribution in [1.29, 1.82) is 0 Å². The Morgan fingerprint density at radius 2 is 1.73 bits per heavy atom. The van der Waals surface area contributed by atoms with Crippen LogP contribution in [0.4, 0.5) is 0 Å². The molecular weight excluding hydrogens is 541 g/mol. The van der Waals surface area contributed by atoms with Crippen LogP contribution in [0.2, 0.25) is 0 Å². The number of esters is 1. The first kappa shape index (κ1) is 32.7. The number of rotatable bonds is 8. The van der Waals surface area contributed by atoms with E-state index in [1.165, 1.54) is 20.8 Å². The summed E-state index contributed by atoms with van der Waals surface area (Å²) in [7, 11) is 1.40. The minimum Gasteiger partial charge on any atom is -0.479 e. The predicted molar refractivity (Wildman–Crippen MR) is 145 cm³/mol. The van der Waals surface area contributed by atoms with Gasteiger partial charge in [-0.15, -0.1) is 0 Å². The maximum Gasteiger partial charge on any atom is 0.335 e. The number of carbonyl (C=O) groups is 3. The molecule has 41 heavy (non-hydrogen) atoms. The standard InChI is InChI=1S/C27H38BNO12/c1-13(31)29-21-23(26(2,3)4)38-15(12-30)22(35)27(21,28)41-25-20(18(34)17(33)19(40-25)24(36)37)39-16(32)11-10-14-8-6-5-7-9-14/h5-11,15,17-23,25,30,33-35H,12,28H2,1-4H3,(H,29,31)(H,36,37)/b11-10-/t15?,17?,18?,19?,20?,21?,22-,23?,25?,27-/m1/s1. The minimum absolute atomic E-state index is 0.505. The summed E-state index contributed by atoms with van der Waals surface area (Å²) in [5.74, 6) is -3.10. The van der Waals surface area contributed by atoms with Gasteiger partial charge >= 0.3 is 11.9 Å². The topological polar surface area (TPSA) is 201 Å². The van der Waals surface area contributed by atoms with Crippen molar-refractivity contribution in [3.8, 4) is 0 Å². The van der Waals surface area contributed by atoms with Crippen LogP contribution in [0, 0.1) is 5.41 Å². The van der Waals surface area contributed by atoms with Crippen LogP contribution < -0.4 is 5.32 Å². The summed E-state index contributed by atoms with van der Waals surface area (Å²) < 4.78 is 23.0. The average molecular weight is 579 g/mol. The molecule has 2 aliphatic heterocycles. The molecule has 226 valence electrons. The number of carbonyl (C=O) groups excluding carboxylic acids is 2. The van der Waals surface area contributed by atoms with E-state index in [1.807, 2.05) is 0 Å². The average Bonchev–Trinajstić information content (AvgIpc) is 2.89. The number of hydrogen-bond acceptors (Lipinski definition) is 11. The SMILES string of the molecule is B[C@@]1(OC2OC(C(=O)O)C(O)C(O)C2OC(=O)/C=C\c2ccccc2)C(NC(C)=O)C(C(C)(C)C)OC(CO)[C@H]1O. The van der Waals surface area contributed by atoms with E-state index in [1.54, 1.807) is 51.1 Å². The first-order valence-electron chi connectivity index (χ1n) is 13.2. The van der Waals surface area contributed by atoms with Gasteiger partial charge in [0.2, 0.25) is 5.91 Å². The van der Waals surface area contributed by atoms with Crippen molar-refractivity contribution in [2.45, 2.75) is 88.3 Å². The Bertz CT molecular complexity index is 1110. The van der Waals surface area contributed by atoms with E-state index in [0.717, 1.165) is 6.08 Å². The van der Waals surface area contributed by atoms with Crippen molar-refractivity contribution in [3.05, 3.63) is 42.0 Å². The smallest absolute Gasteiger partial charge is 0.335 e. The number of carboxylic acids is 1. The molecule has 14 heteroatoms. The highest BCUT2D eigenvalue weighted by atomic mass is 16.7. The molecule has 2 saturated heterocycles. The third-order valence-electron chi connectivity index (χ3n) is 7.20. The van der Waals surface area contributed by atoms with Gasteiger partial charge in [0.25, 0.3) is 0 Å². The lowest BCUT2D eigenvalue weighted by Gasteiger charge is -2.56. The zero-order valence-corrected chi connectivity index (χ0v) is 23.5. The molecule has 2 aliphatic rings. The summed E-state index contributed by atoms with van der Waals surface area (Å²) in [5, 5.41) is 54.9. The summed E-state index contributed by atoms with van der Waals surface area (Å²) in [6, 6.07) is 7.67. The number of hydrogen-bond donors (Lipinski definition) is 6. The summed E-state index contributed by atoms with van der Waals surface area (Å²) >= 11 is 0. The van der Waals surface area contributed by atoms with Crippen LogP contribution in [0.5, 0.6) is 0 Å². The molecule has 1 amide bonds. The second kappa shape index (κ2) is 13.0. The number of aliphatic hydroxyl groups is 4. The number of ether oxygens (including phenoxy) is 4. The van der Waals surface area contributed by atoms with Gasteiger partial charge in [-0.25, -0.2) is 9.59 Å². The number of aliphatic hydroxyl groups excluding tert-OH is 4. The van der Waals surface area contributed by atoms with Gasteiger partial charge in [0.15, 0.2) is 18.5 Å². The molecule has 1 aromatic rings. The Balaban J connectivity index is 2.01. The summed E-state index contributed by atoms with van der Waals surface area (Å²) in [6.45, 7) is 6.03. The Kier molecular flexibility index (Phi) is 10.3. The van der Waals surface area contributed by atoms with E-state index >= 15 is 0 Å². The second-order valence-electron chi connectivity index (χ2n) is 11.5. The molecule has 0 bridgehead atoms. The monoisotopic (exact) mass is 579 g/mol. The lowest BCUT2D eigenvalue weighted by Crippen LogP contribution is -2.76. The summed E-state index contributed by atoms with van der Waals surface area (Å²) in [6.07, 6.45) is -10.7. The van der Waals surface area contributed by atoms with Gasteiger partial charge in [0.1, 0.15) is 32.3 Å². The van der Waals surface area contributed by atoms with E-state index in [0.29, 0.717) is 5.56 Å². The minimum atomic E-state index is -2.01. The number of aliphatic carboxylic acids is 1. The van der Waals surface area contributed by atoms with Gasteiger partial charge in [0.05, 0.1) is 24.3 Å². The van der Waals surface area contributed by atoms with Crippen LogP contribution >= 0.6 is 0 Å². The zero-order valence-electron chi connectivity index (χ0n) is 23.5. The van der Waals surface area contributed by atoms with Crippen molar-refractivity contribution in [2.24, 2.45) is 5.41 Å². The highest BCUT2D eigenvalue weighted by molar-refractivity contribution is 6.16. The van der Waals surface area contributed by atoms with E-state index < -0.39 is 90.4 Å². The van der Waals surface area contributed by atoms with E-state index in [-0.39, 0.29) is 0 Å². The van der Waals surface area contributed by atoms with Crippen LogP contribution in [0.1, 0.15) is 33.3 Å². The van der Waals surface area contributed by atoms with E-state index in [2.05, 4.69) is 5.32 Å². The maximum absolute atomic E-state index is 12.7. The Morgan fingerprint density at radius 1 is 1.10 bits per heavy atom. The Labute approximate surface area is 238 Å². The third kappa shape index (κ3) is 7.33. The first-order chi connectivity index (χ1) is 19.1. The van der Waals surface area contributed by atoms with Crippen molar-refractivity contribution < 1.29 is 58.9 Å². The summed E-state index contributed by atoms with van der Waals surface area (Å²) in [4.78, 5) is 36.8. The molecule has 1 aromatic carbocycles. The highest BCUT2D eigenvalue weighted by Crippen LogP contribution is 2.40. The maximum atomic E-state index is 12.7. The van der Waals surface area contributed by atoms with Crippen LogP contribution in [-0.2, 0) is 33.3 Å². The number of benzene rings is 1. The first-order valence-corrected chi connectivity index (χ1v) is 13.2. The second-order valence-corrected chi connectivity index (χ2v) is 11.5. The van der Waals surface area contributed by atoms with Crippen LogP contribution in [0.15, 0.2) is 36.4 Å². The van der Waals surface area contributed by atoms with E-state index in [9.17, 15) is 39.9 Å². The van der Waals surface area contributed by atoms with Gasteiger partial charge in [-0.05, 0) is 17.1 Å². The van der Waals surface area contributed by atoms with Gasteiger partial charge in [-0.3, -0.25) is 4.79 Å². The fourth-order valence-corrected chi connectivity index (χ4v) is 5.04. The van der Waals surface area contributed by atoms with Gasteiger partial charge in [-0.1, -0.05) is 51.1 Å². The number of nitrogens with one attached hydrogen (secondary N) is 1. The molecular formula is C27H38BNO12. The lowest BCUT2D eigenvalue weighted by atomic mass is 9.62. The highest BCUT2D eigenvalue weighted by Gasteiger charge is 2.60. The number of amides is 1. The molecule has 0 aromatic heterocycles. The fraction of sp³-hybridized carbons (Fsp3) is 0.593. The van der Waals surface area contributed by atoms with Crippen LogP contribution in [0.3, 0.4) is 0 Å². The molecule has 10 atom stereocenters. The van der Waals surface area contributed by atoms with Crippen molar-refractivity contribution >= 4 is 31.8 Å². The van der Waals surface area contributed by atoms with Gasteiger partial charge in [-0.2, -0.15) is 0 Å². The molecule has 13 nitrogen and oxygen atoms in total. The lowest BCUT2D eigenvalue weighted by molar-refractivity contribution is -0.340. The Hall–Kier alpha value is -2.85. The number of carboxylic acid groups (broad SMARTS) is 1. The van der Waals surface area contributed by atoms with Gasteiger partial charge in [0, 0.05) is 13.0 Å². The summed E-state index contributed by atoms with van der Waals surface area (Å²) in [5.41, 5.74) is -1.86. The van der Waals surface area contributed by atoms with Crippen LogP contribution in [-0.4, -0.2) is 118 Å². The molecule has 0 saturated carbocycles. The quantitative estimate of drug-likeness (QED) is 0.114. The molecule has 0 radical (unpaired) electrons. The van der Waals surface area contributed by atoms with Crippen molar-refractivity contribution in [3.63, 3.8) is 0 Å². The van der Waals surface area contributed by atoms with E-state index in [4.69, 9.17) is 18.9 Å². The molecule has 0 aliphatic carbocycles. The molecule has 6 N–H and O–H groups in total. The fourth-order valence-electron chi connectivity index (χ4n) is 5.04. The molecule has 3 rings (SSSR count). The molecule has 8 unspecified atom stereocenters. The zero-order chi connectivity index (χ0) is 30.7. The largest absolute Gasteiger partial charge is 0.479 e. The third-order valence-corrected chi connectivity index (χ3v) is 7.20. The molecule has 2 heterocycles. The van der Waals surface area contributed by atoms with Crippen molar-refractivity contribution in [1.82, 2.24) is 5.32 Å². The van der Waals surface area contributed by atoms with Crippen molar-refractivity contribution in [2.75, 3.05) is 6.61 Å². The van der Waals surface area contributed by atoms with Gasteiger partial charge < -0.3 is 49.8 Å². The van der Waals surface area contributed by atoms with Crippen LogP contribution in [0.25, 0.3) is 6.08 Å².